The van der Waals surface area contributed by atoms with Crippen molar-refractivity contribution in [2.45, 2.75) is 32.6 Å². The normalized spacial score (nSPS) is 16.2. The van der Waals surface area contributed by atoms with Gasteiger partial charge in [-0.2, -0.15) is 0 Å². The monoisotopic (exact) mass is 285 g/mol. The Labute approximate surface area is 121 Å². The summed E-state index contributed by atoms with van der Waals surface area (Å²) >= 11 is 0. The molecule has 2 N–H and O–H groups in total. The van der Waals surface area contributed by atoms with Crippen LogP contribution in [0.4, 0.5) is 0 Å². The topological polar surface area (TPSA) is 72.9 Å². The van der Waals surface area contributed by atoms with E-state index >= 15 is 0 Å². The lowest BCUT2D eigenvalue weighted by atomic mass is 10.2. The average molecular weight is 285 g/mol. The number of aliphatic hydroxyl groups is 1. The second-order valence-corrected chi connectivity index (χ2v) is 5.19. The van der Waals surface area contributed by atoms with Crippen LogP contribution in [0.3, 0.4) is 0 Å². The summed E-state index contributed by atoms with van der Waals surface area (Å²) in [5, 5.41) is 11.6. The zero-order chi connectivity index (χ0) is 14.8. The first kappa shape index (κ1) is 16.9. The van der Waals surface area contributed by atoms with Gasteiger partial charge >= 0.3 is 0 Å². The Kier molecular flexibility index (Phi) is 8.22. The zero-order valence-corrected chi connectivity index (χ0v) is 12.4. The van der Waals surface area contributed by atoms with Crippen molar-refractivity contribution in [2.75, 3.05) is 45.9 Å². The molecule has 0 spiro atoms. The summed E-state index contributed by atoms with van der Waals surface area (Å²) in [5.41, 5.74) is 0. The van der Waals surface area contributed by atoms with Gasteiger partial charge in [0.25, 0.3) is 0 Å². The van der Waals surface area contributed by atoms with E-state index in [1.165, 1.54) is 0 Å². The number of aliphatic hydroxyl groups excluding tert-OH is 1. The third-order valence-corrected chi connectivity index (χ3v) is 3.46. The van der Waals surface area contributed by atoms with E-state index in [2.05, 4.69) is 10.2 Å². The van der Waals surface area contributed by atoms with Crippen LogP contribution in [0.25, 0.3) is 0 Å². The summed E-state index contributed by atoms with van der Waals surface area (Å²) in [5.74, 6) is 0.225. The Bertz CT molecular complexity index is 302. The van der Waals surface area contributed by atoms with Crippen LogP contribution in [0.15, 0.2) is 0 Å². The number of carbonyl (C=O) groups excluding carboxylic acids is 2. The Morgan fingerprint density at radius 3 is 2.45 bits per heavy atom. The summed E-state index contributed by atoms with van der Waals surface area (Å²) in [6, 6.07) is 0. The van der Waals surface area contributed by atoms with Gasteiger partial charge in [-0.05, 0) is 19.3 Å². The first-order valence-electron chi connectivity index (χ1n) is 7.55. The Morgan fingerprint density at radius 2 is 1.85 bits per heavy atom. The molecule has 0 aromatic rings. The highest BCUT2D eigenvalue weighted by Gasteiger charge is 2.21. The molecular formula is C14H27N3O3. The number of unbranched alkanes of at least 4 members (excludes halogenated alkanes) is 1. The molecule has 0 radical (unpaired) electrons. The van der Waals surface area contributed by atoms with Crippen LogP contribution in [-0.4, -0.2) is 72.6 Å². The Balaban J connectivity index is 2.19. The molecule has 0 bridgehead atoms. The van der Waals surface area contributed by atoms with Gasteiger partial charge in [-0.1, -0.05) is 6.92 Å². The van der Waals surface area contributed by atoms with Gasteiger partial charge in [0.05, 0.1) is 6.54 Å². The van der Waals surface area contributed by atoms with Crippen LogP contribution in [0.2, 0.25) is 0 Å². The minimum absolute atomic E-state index is 0.0644. The quantitative estimate of drug-likeness (QED) is 0.607. The van der Waals surface area contributed by atoms with Gasteiger partial charge in [-0.15, -0.1) is 0 Å². The molecule has 20 heavy (non-hydrogen) atoms. The fraction of sp³-hybridized carbons (Fsp3) is 0.857. The van der Waals surface area contributed by atoms with Gasteiger partial charge in [0.2, 0.25) is 11.8 Å². The number of nitrogens with one attached hydrogen (secondary N) is 1. The summed E-state index contributed by atoms with van der Waals surface area (Å²) < 4.78 is 0. The molecule has 0 aromatic carbocycles. The molecule has 6 nitrogen and oxygen atoms in total. The molecule has 0 aromatic heterocycles. The van der Waals surface area contributed by atoms with Crippen LogP contribution in [0.5, 0.6) is 0 Å². The minimum Gasteiger partial charge on any atom is -0.396 e. The van der Waals surface area contributed by atoms with E-state index < -0.39 is 0 Å². The molecule has 0 aliphatic carbocycles. The fourth-order valence-corrected chi connectivity index (χ4v) is 2.22. The maximum atomic E-state index is 11.9. The van der Waals surface area contributed by atoms with E-state index in [0.717, 1.165) is 32.5 Å². The lowest BCUT2D eigenvalue weighted by Gasteiger charge is -2.34. The largest absolute Gasteiger partial charge is 0.396 e. The molecule has 1 rings (SSSR count). The summed E-state index contributed by atoms with van der Waals surface area (Å²) in [6.07, 6.45) is 2.89. The summed E-state index contributed by atoms with van der Waals surface area (Å²) in [4.78, 5) is 27.4. The number of amides is 2. The van der Waals surface area contributed by atoms with Crippen molar-refractivity contribution in [3.05, 3.63) is 0 Å². The summed E-state index contributed by atoms with van der Waals surface area (Å²) in [7, 11) is 0. The van der Waals surface area contributed by atoms with Crippen molar-refractivity contribution in [3.63, 3.8) is 0 Å². The Hall–Kier alpha value is -1.14. The van der Waals surface area contributed by atoms with Gasteiger partial charge in [-0.25, -0.2) is 0 Å². The highest BCUT2D eigenvalue weighted by molar-refractivity contribution is 5.78. The molecule has 2 amide bonds. The van der Waals surface area contributed by atoms with Gasteiger partial charge in [-0.3, -0.25) is 14.5 Å². The molecule has 1 fully saturated rings. The van der Waals surface area contributed by atoms with E-state index in [4.69, 9.17) is 5.11 Å². The number of carbonyl (C=O) groups is 2. The third kappa shape index (κ3) is 6.34. The van der Waals surface area contributed by atoms with Gasteiger partial charge in [0.1, 0.15) is 0 Å². The SMILES string of the molecule is CCCNC(=O)CN1CCN(C(=O)CCCCO)CC1. The third-order valence-electron chi connectivity index (χ3n) is 3.46. The van der Waals surface area contributed by atoms with Crippen LogP contribution in [0, 0.1) is 0 Å². The number of piperazine rings is 1. The van der Waals surface area contributed by atoms with Crippen molar-refractivity contribution >= 4 is 11.8 Å². The van der Waals surface area contributed by atoms with Crippen LogP contribution >= 0.6 is 0 Å². The highest BCUT2D eigenvalue weighted by Crippen LogP contribution is 2.06. The second-order valence-electron chi connectivity index (χ2n) is 5.19. The zero-order valence-electron chi connectivity index (χ0n) is 12.4. The van der Waals surface area contributed by atoms with Crippen LogP contribution < -0.4 is 5.32 Å². The predicted molar refractivity (Wildman–Crippen MR) is 77.3 cm³/mol. The van der Waals surface area contributed by atoms with Crippen molar-refractivity contribution in [2.24, 2.45) is 0 Å². The Morgan fingerprint density at radius 1 is 1.15 bits per heavy atom. The van der Waals surface area contributed by atoms with Crippen molar-refractivity contribution in [1.82, 2.24) is 15.1 Å². The number of hydrogen-bond acceptors (Lipinski definition) is 4. The smallest absolute Gasteiger partial charge is 0.234 e. The standard InChI is InChI=1S/C14H27N3O3/c1-2-6-15-13(19)12-16-7-9-17(10-8-16)14(20)5-3-4-11-18/h18H,2-12H2,1H3,(H,15,19). The van der Waals surface area contributed by atoms with E-state index in [9.17, 15) is 9.59 Å². The summed E-state index contributed by atoms with van der Waals surface area (Å²) in [6.45, 7) is 6.22. The molecule has 1 aliphatic rings. The van der Waals surface area contributed by atoms with Gasteiger partial charge < -0.3 is 15.3 Å². The van der Waals surface area contributed by atoms with E-state index in [1.54, 1.807) is 0 Å². The van der Waals surface area contributed by atoms with Gasteiger partial charge in [0, 0.05) is 45.8 Å². The number of nitrogens with zero attached hydrogens (tertiary/aromatic N) is 2. The maximum Gasteiger partial charge on any atom is 0.234 e. The van der Waals surface area contributed by atoms with E-state index in [0.29, 0.717) is 32.5 Å². The van der Waals surface area contributed by atoms with Crippen LogP contribution in [0.1, 0.15) is 32.6 Å². The lowest BCUT2D eigenvalue weighted by molar-refractivity contribution is -0.133. The maximum absolute atomic E-state index is 11.9. The average Bonchev–Trinajstić information content (AvgIpc) is 2.46. The predicted octanol–water partition coefficient (Wildman–Crippen LogP) is -0.181. The van der Waals surface area contributed by atoms with Gasteiger partial charge in [0.15, 0.2) is 0 Å². The first-order chi connectivity index (χ1) is 9.67. The van der Waals surface area contributed by atoms with Crippen LogP contribution in [-0.2, 0) is 9.59 Å². The number of hydrogen-bond donors (Lipinski definition) is 2. The second kappa shape index (κ2) is 9.72. The minimum atomic E-state index is 0.0644. The molecule has 0 atom stereocenters. The molecule has 6 heteroatoms. The molecular weight excluding hydrogens is 258 g/mol. The number of rotatable bonds is 8. The van der Waals surface area contributed by atoms with Crippen molar-refractivity contribution in [1.29, 1.82) is 0 Å². The van der Waals surface area contributed by atoms with E-state index in [-0.39, 0.29) is 18.4 Å². The molecule has 1 aliphatic heterocycles. The molecule has 0 unspecified atom stereocenters. The molecule has 1 saturated heterocycles. The van der Waals surface area contributed by atoms with E-state index in [1.807, 2.05) is 11.8 Å². The first-order valence-corrected chi connectivity index (χ1v) is 7.55. The molecule has 116 valence electrons. The van der Waals surface area contributed by atoms with Crippen molar-refractivity contribution < 1.29 is 14.7 Å². The molecule has 0 saturated carbocycles. The fourth-order valence-electron chi connectivity index (χ4n) is 2.22. The highest BCUT2D eigenvalue weighted by atomic mass is 16.3. The molecule has 1 heterocycles. The van der Waals surface area contributed by atoms with Crippen molar-refractivity contribution in [3.8, 4) is 0 Å². The lowest BCUT2D eigenvalue weighted by Crippen LogP contribution is -2.51.